The van der Waals surface area contributed by atoms with Crippen LogP contribution < -0.4 is 20.1 Å². The average Bonchev–Trinajstić information content (AvgIpc) is 2.88. The van der Waals surface area contributed by atoms with Crippen LogP contribution in [-0.4, -0.2) is 30.5 Å². The van der Waals surface area contributed by atoms with Crippen LogP contribution >= 0.6 is 0 Å². The highest BCUT2D eigenvalue weighted by Gasteiger charge is 2.14. The fourth-order valence-corrected chi connectivity index (χ4v) is 3.39. The number of hydrogen-bond acceptors (Lipinski definition) is 7. The number of nitro groups is 1. The lowest BCUT2D eigenvalue weighted by molar-refractivity contribution is -0.384. The fourth-order valence-electron chi connectivity index (χ4n) is 3.39. The van der Waals surface area contributed by atoms with Crippen LogP contribution in [0.15, 0.2) is 66.2 Å². The van der Waals surface area contributed by atoms with Gasteiger partial charge in [-0.25, -0.2) is 0 Å². The lowest BCUT2D eigenvalue weighted by Gasteiger charge is -2.13. The number of non-ortho nitro benzene ring substituents is 1. The summed E-state index contributed by atoms with van der Waals surface area (Å²) in [5.74, 6) is -0.479. The highest BCUT2D eigenvalue weighted by atomic mass is 16.6. The van der Waals surface area contributed by atoms with Crippen molar-refractivity contribution in [3.05, 3.63) is 93.0 Å². The summed E-state index contributed by atoms with van der Waals surface area (Å²) in [4.78, 5) is 35.3. The highest BCUT2D eigenvalue weighted by Crippen LogP contribution is 2.29. The van der Waals surface area contributed by atoms with Crippen LogP contribution in [-0.2, 0) is 9.59 Å². The third-order valence-electron chi connectivity index (χ3n) is 5.19. The minimum Gasteiger partial charge on any atom is -0.493 e. The van der Waals surface area contributed by atoms with Gasteiger partial charge < -0.3 is 20.1 Å². The second-order valence-corrected chi connectivity index (χ2v) is 8.00. The van der Waals surface area contributed by atoms with Gasteiger partial charge in [0.15, 0.2) is 18.1 Å². The van der Waals surface area contributed by atoms with Gasteiger partial charge in [-0.2, -0.15) is 5.26 Å². The summed E-state index contributed by atoms with van der Waals surface area (Å²) in [6.45, 7) is 3.61. The number of methoxy groups -OCH3 is 1. The molecule has 0 saturated heterocycles. The molecule has 0 radical (unpaired) electrons. The molecule has 0 bridgehead atoms. The van der Waals surface area contributed by atoms with Gasteiger partial charge in [0.05, 0.1) is 12.0 Å². The Morgan fingerprint density at radius 3 is 2.51 bits per heavy atom. The van der Waals surface area contributed by atoms with E-state index in [0.29, 0.717) is 22.7 Å². The second kappa shape index (κ2) is 12.0. The normalized spacial score (nSPS) is 10.7. The summed E-state index contributed by atoms with van der Waals surface area (Å²) in [6, 6.07) is 17.6. The predicted molar refractivity (Wildman–Crippen MR) is 138 cm³/mol. The van der Waals surface area contributed by atoms with Crippen molar-refractivity contribution in [2.24, 2.45) is 0 Å². The molecule has 0 saturated carbocycles. The van der Waals surface area contributed by atoms with E-state index in [1.807, 2.05) is 38.1 Å². The highest BCUT2D eigenvalue weighted by molar-refractivity contribution is 6.09. The SMILES string of the molecule is COc1cc(/C=C(/C#N)C(=O)Nc2cccc([N+](=O)[O-])c2)ccc1OCC(=O)Nc1ccc(C)cc1C. The van der Waals surface area contributed by atoms with Crippen LogP contribution in [0.3, 0.4) is 0 Å². The lowest BCUT2D eigenvalue weighted by Crippen LogP contribution is -2.20. The molecule has 0 unspecified atom stereocenters. The van der Waals surface area contributed by atoms with Gasteiger partial charge in [0.2, 0.25) is 0 Å². The summed E-state index contributed by atoms with van der Waals surface area (Å²) < 4.78 is 11.0. The Kier molecular flexibility index (Phi) is 8.57. The molecule has 37 heavy (non-hydrogen) atoms. The zero-order valence-corrected chi connectivity index (χ0v) is 20.4. The first-order valence-electron chi connectivity index (χ1n) is 11.1. The average molecular weight is 501 g/mol. The molecule has 2 N–H and O–H groups in total. The number of carbonyl (C=O) groups is 2. The van der Waals surface area contributed by atoms with E-state index in [4.69, 9.17) is 9.47 Å². The minimum absolute atomic E-state index is 0.181. The third kappa shape index (κ3) is 7.16. The number of anilines is 2. The van der Waals surface area contributed by atoms with E-state index < -0.39 is 10.8 Å². The maximum Gasteiger partial charge on any atom is 0.271 e. The van der Waals surface area contributed by atoms with Crippen LogP contribution in [0.25, 0.3) is 6.08 Å². The Morgan fingerprint density at radius 2 is 1.84 bits per heavy atom. The monoisotopic (exact) mass is 500 g/mol. The van der Waals surface area contributed by atoms with Gasteiger partial charge in [-0.05, 0) is 55.3 Å². The minimum atomic E-state index is -0.731. The number of hydrogen-bond donors (Lipinski definition) is 2. The van der Waals surface area contributed by atoms with Crippen LogP contribution in [0.1, 0.15) is 16.7 Å². The van der Waals surface area contributed by atoms with Gasteiger partial charge in [0.25, 0.3) is 17.5 Å². The first kappa shape index (κ1) is 26.4. The van der Waals surface area contributed by atoms with Crippen molar-refractivity contribution in [3.63, 3.8) is 0 Å². The van der Waals surface area contributed by atoms with E-state index >= 15 is 0 Å². The van der Waals surface area contributed by atoms with Gasteiger partial charge in [-0.15, -0.1) is 0 Å². The van der Waals surface area contributed by atoms with Crippen molar-refractivity contribution in [2.45, 2.75) is 13.8 Å². The molecule has 2 amide bonds. The molecule has 0 aliphatic carbocycles. The van der Waals surface area contributed by atoms with E-state index in [0.717, 1.165) is 11.1 Å². The molecule has 3 aromatic carbocycles. The summed E-state index contributed by atoms with van der Waals surface area (Å²) in [5, 5.41) is 25.7. The summed E-state index contributed by atoms with van der Waals surface area (Å²) in [5.41, 5.74) is 2.95. The summed E-state index contributed by atoms with van der Waals surface area (Å²) >= 11 is 0. The Bertz CT molecular complexity index is 1420. The van der Waals surface area contributed by atoms with E-state index in [1.54, 1.807) is 18.2 Å². The van der Waals surface area contributed by atoms with E-state index in [2.05, 4.69) is 10.6 Å². The van der Waals surface area contributed by atoms with Crippen molar-refractivity contribution < 1.29 is 24.0 Å². The van der Waals surface area contributed by atoms with Gasteiger partial charge in [-0.1, -0.05) is 29.8 Å². The molecule has 0 heterocycles. The molecule has 10 heteroatoms. The largest absolute Gasteiger partial charge is 0.493 e. The maximum atomic E-state index is 12.5. The van der Waals surface area contributed by atoms with Crippen molar-refractivity contribution in [3.8, 4) is 17.6 Å². The molecule has 3 rings (SSSR count). The molecule has 188 valence electrons. The van der Waals surface area contributed by atoms with Crippen LogP contribution in [0, 0.1) is 35.3 Å². The van der Waals surface area contributed by atoms with Gasteiger partial charge in [-0.3, -0.25) is 19.7 Å². The number of ether oxygens (including phenoxy) is 2. The molecular weight excluding hydrogens is 476 g/mol. The Hall–Kier alpha value is -5.17. The van der Waals surface area contributed by atoms with Crippen molar-refractivity contribution >= 4 is 35.0 Å². The molecule has 0 aliphatic rings. The van der Waals surface area contributed by atoms with E-state index in [1.165, 1.54) is 37.5 Å². The van der Waals surface area contributed by atoms with Gasteiger partial charge in [0.1, 0.15) is 11.6 Å². The van der Waals surface area contributed by atoms with Crippen LogP contribution in [0.4, 0.5) is 17.1 Å². The first-order chi connectivity index (χ1) is 17.7. The Balaban J connectivity index is 1.69. The van der Waals surface area contributed by atoms with Crippen LogP contribution in [0.2, 0.25) is 0 Å². The number of nitrogens with one attached hydrogen (secondary N) is 2. The first-order valence-corrected chi connectivity index (χ1v) is 11.1. The van der Waals surface area contributed by atoms with E-state index in [9.17, 15) is 25.0 Å². The molecule has 10 nitrogen and oxygen atoms in total. The number of aryl methyl sites for hydroxylation is 2. The number of rotatable bonds is 9. The maximum absolute atomic E-state index is 12.5. The quantitative estimate of drug-likeness (QED) is 0.186. The molecule has 3 aromatic rings. The van der Waals surface area contributed by atoms with Crippen molar-refractivity contribution in [1.82, 2.24) is 0 Å². The third-order valence-corrected chi connectivity index (χ3v) is 5.19. The standard InChI is InChI=1S/C27H24N4O6/c1-17-7-9-23(18(2)11-17)30-26(32)16-37-24-10-8-19(13-25(24)36-3)12-20(15-28)27(33)29-21-5-4-6-22(14-21)31(34)35/h4-14H,16H2,1-3H3,(H,29,33)(H,30,32)/b20-12-. The number of nitro benzene ring substituents is 1. The number of amides is 2. The summed E-state index contributed by atoms with van der Waals surface area (Å²) in [7, 11) is 1.42. The fraction of sp³-hybridized carbons (Fsp3) is 0.148. The molecule has 0 fully saturated rings. The Morgan fingerprint density at radius 1 is 1.05 bits per heavy atom. The summed E-state index contributed by atoms with van der Waals surface area (Å²) in [6.07, 6.45) is 1.34. The molecule has 0 aromatic heterocycles. The zero-order valence-electron chi connectivity index (χ0n) is 20.4. The smallest absolute Gasteiger partial charge is 0.271 e. The van der Waals surface area contributed by atoms with Crippen molar-refractivity contribution in [1.29, 1.82) is 5.26 Å². The number of nitrogens with zero attached hydrogens (tertiary/aromatic N) is 2. The molecule has 0 atom stereocenters. The van der Waals surface area contributed by atoms with Crippen LogP contribution in [0.5, 0.6) is 11.5 Å². The Labute approximate surface area is 213 Å². The predicted octanol–water partition coefficient (Wildman–Crippen LogP) is 4.78. The second-order valence-electron chi connectivity index (χ2n) is 8.00. The lowest BCUT2D eigenvalue weighted by atomic mass is 10.1. The molecule has 0 aliphatic heterocycles. The van der Waals surface area contributed by atoms with Crippen molar-refractivity contribution in [2.75, 3.05) is 24.4 Å². The molecule has 0 spiro atoms. The number of nitriles is 1. The van der Waals surface area contributed by atoms with Gasteiger partial charge in [0, 0.05) is 23.5 Å². The zero-order chi connectivity index (χ0) is 26.9. The van der Waals surface area contributed by atoms with Gasteiger partial charge >= 0.3 is 0 Å². The topological polar surface area (TPSA) is 144 Å². The van der Waals surface area contributed by atoms with E-state index in [-0.39, 0.29) is 29.5 Å². The number of carbonyl (C=O) groups excluding carboxylic acids is 2. The molecular formula is C27H24N4O6. The number of benzene rings is 3.